The van der Waals surface area contributed by atoms with E-state index in [2.05, 4.69) is 57.2 Å². The van der Waals surface area contributed by atoms with Crippen molar-refractivity contribution in [3.63, 3.8) is 0 Å². The number of piperidine rings is 1. The molecule has 11 heteroatoms. The van der Waals surface area contributed by atoms with Gasteiger partial charge < -0.3 is 19.9 Å². The van der Waals surface area contributed by atoms with Crippen LogP contribution in [0.1, 0.15) is 42.9 Å². The minimum absolute atomic E-state index is 0.0600. The van der Waals surface area contributed by atoms with E-state index in [4.69, 9.17) is 4.74 Å². The number of carbonyl (C=O) groups excluding carboxylic acids is 1. The van der Waals surface area contributed by atoms with Gasteiger partial charge in [-0.25, -0.2) is 18.4 Å². The van der Waals surface area contributed by atoms with Crippen molar-refractivity contribution < 1.29 is 17.9 Å². The molecule has 5 heterocycles. The van der Waals surface area contributed by atoms with Crippen LogP contribution < -0.4 is 15.0 Å². The van der Waals surface area contributed by atoms with Crippen LogP contribution in [0.3, 0.4) is 0 Å². The van der Waals surface area contributed by atoms with Crippen LogP contribution in [0.5, 0.6) is 5.75 Å². The van der Waals surface area contributed by atoms with E-state index in [-0.39, 0.29) is 17.4 Å². The van der Waals surface area contributed by atoms with Crippen molar-refractivity contribution in [3.05, 3.63) is 41.2 Å². The third kappa shape index (κ3) is 5.76. The number of anilines is 3. The van der Waals surface area contributed by atoms with E-state index < -0.39 is 9.84 Å². The summed E-state index contributed by atoms with van der Waals surface area (Å²) in [6.45, 7) is 8.33. The van der Waals surface area contributed by atoms with Crippen LogP contribution in [0, 0.1) is 18.8 Å². The lowest BCUT2D eigenvalue weighted by atomic mass is 9.94. The van der Waals surface area contributed by atoms with Gasteiger partial charge in [-0.15, -0.1) is 0 Å². The molecule has 10 nitrogen and oxygen atoms in total. The van der Waals surface area contributed by atoms with E-state index in [1.54, 1.807) is 6.92 Å². The van der Waals surface area contributed by atoms with Crippen molar-refractivity contribution in [1.29, 1.82) is 0 Å². The molecule has 216 valence electrons. The summed E-state index contributed by atoms with van der Waals surface area (Å²) in [4.78, 5) is 27.5. The largest absolute Gasteiger partial charge is 0.486 e. The fourth-order valence-corrected chi connectivity index (χ4v) is 7.46. The number of aromatic nitrogens is 2. The molecule has 41 heavy (non-hydrogen) atoms. The van der Waals surface area contributed by atoms with Gasteiger partial charge in [0.2, 0.25) is 0 Å². The number of fused-ring (bicyclic) bond motifs is 2. The van der Waals surface area contributed by atoms with Crippen molar-refractivity contribution in [1.82, 2.24) is 19.8 Å². The average molecular weight is 577 g/mol. The van der Waals surface area contributed by atoms with Crippen LogP contribution in [0.25, 0.3) is 5.57 Å². The van der Waals surface area contributed by atoms with Gasteiger partial charge in [0.05, 0.1) is 22.8 Å². The summed E-state index contributed by atoms with van der Waals surface area (Å²) < 4.78 is 30.2. The number of likely N-dealkylation sites (tertiary alicyclic amines) is 1. The van der Waals surface area contributed by atoms with E-state index in [9.17, 15) is 13.2 Å². The highest BCUT2D eigenvalue weighted by molar-refractivity contribution is 7.91. The second-order valence-corrected chi connectivity index (χ2v) is 13.4. The number of benzene rings is 1. The lowest BCUT2D eigenvalue weighted by molar-refractivity contribution is -0.126. The topological polar surface area (TPSA) is 108 Å². The number of ether oxygens (including phenoxy) is 1. The molecule has 2 aromatic rings. The summed E-state index contributed by atoms with van der Waals surface area (Å²) in [5, 5.41) is 3.50. The van der Waals surface area contributed by atoms with E-state index >= 15 is 0 Å². The summed E-state index contributed by atoms with van der Waals surface area (Å²) >= 11 is 0. The smallest absolute Gasteiger partial charge is 0.298 e. The standard InChI is InChI=1S/C30H36N6O4S/c1-3-4-27(37)35-11-7-24(8-12-35)34-9-5-22(6-10-34)23-17-21(2)28-26(18-23)33-29-25(19-40-28)30(32-20-31-29)36-13-15-41(38,39)16-14-36/h5,17-18,20,24H,6-16,19H2,1-2H3,(H,31,32,33). The second kappa shape index (κ2) is 11.3. The summed E-state index contributed by atoms with van der Waals surface area (Å²) in [6.07, 6.45) is 6.79. The fraction of sp³-hybridized carbons (Fsp3) is 0.500. The van der Waals surface area contributed by atoms with Crippen molar-refractivity contribution in [3.8, 4) is 17.6 Å². The number of nitrogens with one attached hydrogen (secondary N) is 1. The van der Waals surface area contributed by atoms with Crippen LogP contribution in [-0.4, -0.2) is 90.9 Å². The predicted molar refractivity (Wildman–Crippen MR) is 159 cm³/mol. The molecule has 1 amide bonds. The van der Waals surface area contributed by atoms with Crippen LogP contribution in [0.15, 0.2) is 24.5 Å². The minimum atomic E-state index is -2.99. The van der Waals surface area contributed by atoms with E-state index in [1.165, 1.54) is 17.5 Å². The number of nitrogens with zero attached hydrogens (tertiary/aromatic N) is 5. The van der Waals surface area contributed by atoms with Crippen molar-refractivity contribution >= 4 is 38.6 Å². The predicted octanol–water partition coefficient (Wildman–Crippen LogP) is 2.76. The first-order chi connectivity index (χ1) is 19.8. The van der Waals surface area contributed by atoms with Crippen LogP contribution in [0.2, 0.25) is 0 Å². The molecule has 0 atom stereocenters. The van der Waals surface area contributed by atoms with E-state index in [0.29, 0.717) is 31.6 Å². The highest BCUT2D eigenvalue weighted by atomic mass is 32.2. The highest BCUT2D eigenvalue weighted by Crippen LogP contribution is 2.40. The number of sulfone groups is 1. The summed E-state index contributed by atoms with van der Waals surface area (Å²) in [7, 11) is -2.99. The van der Waals surface area contributed by atoms with E-state index in [1.807, 2.05) is 9.80 Å². The van der Waals surface area contributed by atoms with Gasteiger partial charge in [0.1, 0.15) is 30.3 Å². The van der Waals surface area contributed by atoms with Crippen molar-refractivity contribution in [2.24, 2.45) is 0 Å². The maximum absolute atomic E-state index is 12.1. The normalized spacial score (nSPS) is 20.8. The minimum Gasteiger partial charge on any atom is -0.486 e. The Kier molecular flexibility index (Phi) is 7.62. The number of rotatable bonds is 3. The molecule has 2 fully saturated rings. The molecule has 1 aromatic carbocycles. The molecule has 0 aliphatic carbocycles. The Morgan fingerprint density at radius 2 is 1.88 bits per heavy atom. The third-order valence-corrected chi connectivity index (χ3v) is 10.2. The van der Waals surface area contributed by atoms with Gasteiger partial charge in [-0.1, -0.05) is 12.0 Å². The number of hydrogen-bond donors (Lipinski definition) is 1. The first kappa shape index (κ1) is 27.5. The Balaban J connectivity index is 1.16. The van der Waals surface area contributed by atoms with Gasteiger partial charge in [0.15, 0.2) is 9.84 Å². The van der Waals surface area contributed by atoms with Gasteiger partial charge in [-0.2, -0.15) is 0 Å². The number of aryl methyl sites for hydroxylation is 1. The molecule has 0 unspecified atom stereocenters. The Morgan fingerprint density at radius 1 is 1.10 bits per heavy atom. The molecule has 4 aliphatic rings. The zero-order valence-electron chi connectivity index (χ0n) is 23.6. The third-order valence-electron chi connectivity index (χ3n) is 8.57. The number of amides is 1. The Bertz CT molecular complexity index is 1540. The zero-order valence-corrected chi connectivity index (χ0v) is 24.5. The molecular weight excluding hydrogens is 540 g/mol. The highest BCUT2D eigenvalue weighted by Gasteiger charge is 2.30. The fourth-order valence-electron chi connectivity index (χ4n) is 6.25. The molecule has 0 spiro atoms. The Morgan fingerprint density at radius 3 is 2.59 bits per heavy atom. The average Bonchev–Trinajstić information content (AvgIpc) is 3.17. The SMILES string of the molecule is CC#CC(=O)N1CCC(N2CC=C(c3cc(C)c4c(c3)Nc3ncnc(N5CCS(=O)(=O)CC5)c3CO4)CC2)CC1. The number of hydrogen-bond acceptors (Lipinski definition) is 9. The molecular formula is C30H36N6O4S. The monoisotopic (exact) mass is 576 g/mol. The number of carbonyl (C=O) groups is 1. The molecule has 1 N–H and O–H groups in total. The lowest BCUT2D eigenvalue weighted by Gasteiger charge is -2.39. The first-order valence-corrected chi connectivity index (χ1v) is 16.1. The molecule has 0 bridgehead atoms. The van der Waals surface area contributed by atoms with Crippen LogP contribution in [0.4, 0.5) is 17.3 Å². The summed E-state index contributed by atoms with van der Waals surface area (Å²) in [5.74, 6) is 7.78. The van der Waals surface area contributed by atoms with Gasteiger partial charge in [0, 0.05) is 45.3 Å². The molecule has 2 saturated heterocycles. The first-order valence-electron chi connectivity index (χ1n) is 14.3. The van der Waals surface area contributed by atoms with Crippen LogP contribution in [-0.2, 0) is 21.2 Å². The summed E-state index contributed by atoms with van der Waals surface area (Å²) in [5.41, 5.74) is 5.26. The van der Waals surface area contributed by atoms with Gasteiger partial charge in [-0.3, -0.25) is 9.69 Å². The molecule has 6 rings (SSSR count). The second-order valence-electron chi connectivity index (χ2n) is 11.1. The quantitative estimate of drug-likeness (QED) is 0.552. The van der Waals surface area contributed by atoms with Gasteiger partial charge in [0.25, 0.3) is 5.91 Å². The van der Waals surface area contributed by atoms with Crippen molar-refractivity contribution in [2.45, 2.75) is 45.8 Å². The summed E-state index contributed by atoms with van der Waals surface area (Å²) in [6, 6.07) is 4.83. The van der Waals surface area contributed by atoms with Crippen molar-refractivity contribution in [2.75, 3.05) is 61.0 Å². The lowest BCUT2D eigenvalue weighted by Crippen LogP contribution is -2.47. The molecule has 0 saturated carbocycles. The zero-order chi connectivity index (χ0) is 28.6. The Hall–Kier alpha value is -3.62. The maximum atomic E-state index is 12.1. The molecule has 1 aromatic heterocycles. The van der Waals surface area contributed by atoms with E-state index in [0.717, 1.165) is 73.8 Å². The Labute approximate surface area is 241 Å². The van der Waals surface area contributed by atoms with Gasteiger partial charge >= 0.3 is 0 Å². The molecule has 4 aliphatic heterocycles. The maximum Gasteiger partial charge on any atom is 0.298 e. The van der Waals surface area contributed by atoms with Gasteiger partial charge in [-0.05, 0) is 67.9 Å². The molecule has 0 radical (unpaired) electrons. The van der Waals surface area contributed by atoms with Crippen LogP contribution >= 0.6 is 0 Å².